The Hall–Kier alpha value is -1.42. The summed E-state index contributed by atoms with van der Waals surface area (Å²) in [6.45, 7) is 4.62. The molecule has 2 N–H and O–H groups in total. The maximum atomic E-state index is 5.72. The van der Waals surface area contributed by atoms with E-state index in [-0.39, 0.29) is 12.4 Å². The molecule has 0 saturated carbocycles. The first-order valence-corrected chi connectivity index (χ1v) is 4.89. The van der Waals surface area contributed by atoms with Crippen LogP contribution >= 0.6 is 0 Å². The summed E-state index contributed by atoms with van der Waals surface area (Å²) >= 11 is 0. The zero-order valence-corrected chi connectivity index (χ0v) is 8.95. The van der Waals surface area contributed by atoms with Crippen LogP contribution in [-0.2, 0) is 0 Å². The van der Waals surface area contributed by atoms with Gasteiger partial charge in [-0.2, -0.15) is 0 Å². The summed E-state index contributed by atoms with van der Waals surface area (Å²) in [5.41, 5.74) is 5.22. The lowest BCUT2D eigenvalue weighted by Gasteiger charge is -2.24. The Balaban J connectivity index is 2.17. The molecule has 1 heterocycles. The van der Waals surface area contributed by atoms with Crippen molar-refractivity contribution in [2.24, 2.45) is 5.73 Å². The smallest absolute Gasteiger partial charge is 0.231 e. The molecule has 1 aromatic carbocycles. The van der Waals surface area contributed by atoms with E-state index in [2.05, 4.69) is 0 Å². The molecule has 15 heavy (non-hydrogen) atoms. The van der Waals surface area contributed by atoms with E-state index in [1.807, 2.05) is 32.0 Å². The molecule has 0 saturated heterocycles. The summed E-state index contributed by atoms with van der Waals surface area (Å²) < 4.78 is 16.2. The first-order valence-electron chi connectivity index (χ1n) is 4.89. The highest BCUT2D eigenvalue weighted by molar-refractivity contribution is 5.47. The van der Waals surface area contributed by atoms with Crippen molar-refractivity contribution in [2.75, 3.05) is 13.3 Å². The van der Waals surface area contributed by atoms with Gasteiger partial charge in [0.15, 0.2) is 11.5 Å². The lowest BCUT2D eigenvalue weighted by atomic mass is 10.1. The fourth-order valence-electron chi connectivity index (χ4n) is 1.30. The third kappa shape index (κ3) is 2.15. The second-order valence-electron chi connectivity index (χ2n) is 4.08. The molecule has 2 rings (SSSR count). The second kappa shape index (κ2) is 3.62. The van der Waals surface area contributed by atoms with Crippen LogP contribution in [0.25, 0.3) is 0 Å². The van der Waals surface area contributed by atoms with Crippen LogP contribution in [0.4, 0.5) is 0 Å². The van der Waals surface area contributed by atoms with Gasteiger partial charge in [0.1, 0.15) is 11.4 Å². The van der Waals surface area contributed by atoms with Crippen LogP contribution in [-0.4, -0.2) is 18.9 Å². The number of benzene rings is 1. The van der Waals surface area contributed by atoms with Crippen LogP contribution in [0, 0.1) is 0 Å². The topological polar surface area (TPSA) is 53.7 Å². The van der Waals surface area contributed by atoms with Crippen molar-refractivity contribution in [3.8, 4) is 17.2 Å². The van der Waals surface area contributed by atoms with Gasteiger partial charge in [-0.25, -0.2) is 0 Å². The maximum Gasteiger partial charge on any atom is 0.231 e. The number of hydrogen-bond donors (Lipinski definition) is 1. The molecule has 0 atom stereocenters. The van der Waals surface area contributed by atoms with Crippen molar-refractivity contribution >= 4 is 0 Å². The van der Waals surface area contributed by atoms with Crippen LogP contribution in [0.15, 0.2) is 18.2 Å². The minimum Gasteiger partial charge on any atom is -0.486 e. The highest BCUT2D eigenvalue weighted by atomic mass is 16.7. The fraction of sp³-hybridized carbons (Fsp3) is 0.455. The number of nitrogens with two attached hydrogens (primary N) is 1. The molecule has 0 aliphatic carbocycles. The van der Waals surface area contributed by atoms with Gasteiger partial charge >= 0.3 is 0 Å². The average molecular weight is 209 g/mol. The van der Waals surface area contributed by atoms with E-state index >= 15 is 0 Å². The van der Waals surface area contributed by atoms with Gasteiger partial charge < -0.3 is 19.9 Å². The molecule has 0 aromatic heterocycles. The minimum absolute atomic E-state index is 0.277. The normalized spacial score (nSPS) is 14.1. The van der Waals surface area contributed by atoms with Crippen LogP contribution in [0.2, 0.25) is 0 Å². The lowest BCUT2D eigenvalue weighted by molar-refractivity contribution is 0.118. The van der Waals surface area contributed by atoms with E-state index in [0.29, 0.717) is 6.54 Å². The Morgan fingerprint density at radius 3 is 2.80 bits per heavy atom. The van der Waals surface area contributed by atoms with Crippen LogP contribution < -0.4 is 19.9 Å². The molecule has 4 heteroatoms. The molecule has 82 valence electrons. The Morgan fingerprint density at radius 1 is 1.33 bits per heavy atom. The fourth-order valence-corrected chi connectivity index (χ4v) is 1.30. The molecular weight excluding hydrogens is 194 g/mol. The number of rotatable bonds is 3. The van der Waals surface area contributed by atoms with Crippen LogP contribution in [0.5, 0.6) is 17.2 Å². The molecule has 4 nitrogen and oxygen atoms in total. The largest absolute Gasteiger partial charge is 0.486 e. The molecule has 1 aromatic rings. The van der Waals surface area contributed by atoms with Crippen LogP contribution in [0.3, 0.4) is 0 Å². The quantitative estimate of drug-likeness (QED) is 0.820. The molecule has 0 unspecified atom stereocenters. The zero-order valence-electron chi connectivity index (χ0n) is 8.95. The van der Waals surface area contributed by atoms with E-state index in [1.54, 1.807) is 0 Å². The molecule has 1 aliphatic heterocycles. The van der Waals surface area contributed by atoms with Crippen molar-refractivity contribution in [3.63, 3.8) is 0 Å². The van der Waals surface area contributed by atoms with Crippen molar-refractivity contribution in [1.29, 1.82) is 0 Å². The molecule has 1 aliphatic rings. The van der Waals surface area contributed by atoms with E-state index in [1.165, 1.54) is 0 Å². The Labute approximate surface area is 88.9 Å². The van der Waals surface area contributed by atoms with E-state index < -0.39 is 0 Å². The van der Waals surface area contributed by atoms with E-state index in [9.17, 15) is 0 Å². The van der Waals surface area contributed by atoms with Crippen LogP contribution in [0.1, 0.15) is 13.8 Å². The summed E-state index contributed by atoms with van der Waals surface area (Å²) in [5.74, 6) is 2.22. The highest BCUT2D eigenvalue weighted by Gasteiger charge is 2.19. The highest BCUT2D eigenvalue weighted by Crippen LogP contribution is 2.35. The summed E-state index contributed by atoms with van der Waals surface area (Å²) in [6, 6.07) is 5.51. The average Bonchev–Trinajstić information content (AvgIpc) is 2.64. The monoisotopic (exact) mass is 209 g/mol. The Morgan fingerprint density at radius 2 is 2.07 bits per heavy atom. The third-order valence-corrected chi connectivity index (χ3v) is 2.23. The van der Waals surface area contributed by atoms with Gasteiger partial charge in [0, 0.05) is 12.6 Å². The van der Waals surface area contributed by atoms with Gasteiger partial charge in [0.25, 0.3) is 0 Å². The maximum absolute atomic E-state index is 5.72. The van der Waals surface area contributed by atoms with Crippen molar-refractivity contribution in [2.45, 2.75) is 19.4 Å². The summed E-state index contributed by atoms with van der Waals surface area (Å²) in [4.78, 5) is 0. The predicted octanol–water partition coefficient (Wildman–Crippen LogP) is 1.53. The summed E-state index contributed by atoms with van der Waals surface area (Å²) in [6.07, 6.45) is 0. The zero-order chi connectivity index (χ0) is 10.9. The summed E-state index contributed by atoms with van der Waals surface area (Å²) in [5, 5.41) is 0. The number of ether oxygens (including phenoxy) is 3. The standard InChI is InChI=1S/C11H15NO3/c1-11(2,6-12)15-8-3-4-9-10(5-8)14-7-13-9/h3-5H,6-7,12H2,1-2H3. The number of fused-ring (bicyclic) bond motifs is 1. The van der Waals surface area contributed by atoms with Crippen molar-refractivity contribution < 1.29 is 14.2 Å². The molecule has 0 fully saturated rings. The van der Waals surface area contributed by atoms with Gasteiger partial charge in [-0.15, -0.1) is 0 Å². The molecule has 0 amide bonds. The molecule has 0 radical (unpaired) electrons. The SMILES string of the molecule is CC(C)(CN)Oc1ccc2c(c1)OCO2. The van der Waals surface area contributed by atoms with E-state index in [0.717, 1.165) is 17.2 Å². The minimum atomic E-state index is -0.367. The predicted molar refractivity (Wildman–Crippen MR) is 56.3 cm³/mol. The van der Waals surface area contributed by atoms with Gasteiger partial charge in [-0.1, -0.05) is 0 Å². The first kappa shape index (κ1) is 10.1. The van der Waals surface area contributed by atoms with E-state index in [4.69, 9.17) is 19.9 Å². The Kier molecular flexibility index (Phi) is 2.44. The van der Waals surface area contributed by atoms with Crippen molar-refractivity contribution in [1.82, 2.24) is 0 Å². The first-order chi connectivity index (χ1) is 7.11. The molecular formula is C11H15NO3. The summed E-state index contributed by atoms with van der Waals surface area (Å²) in [7, 11) is 0. The van der Waals surface area contributed by atoms with Gasteiger partial charge in [0.05, 0.1) is 0 Å². The van der Waals surface area contributed by atoms with Crippen molar-refractivity contribution in [3.05, 3.63) is 18.2 Å². The van der Waals surface area contributed by atoms with Gasteiger partial charge in [-0.3, -0.25) is 0 Å². The third-order valence-electron chi connectivity index (χ3n) is 2.23. The Bertz CT molecular complexity index is 363. The second-order valence-corrected chi connectivity index (χ2v) is 4.08. The molecule has 0 spiro atoms. The van der Waals surface area contributed by atoms with Gasteiger partial charge in [-0.05, 0) is 26.0 Å². The lowest BCUT2D eigenvalue weighted by Crippen LogP contribution is -2.37. The molecule has 0 bridgehead atoms. The van der Waals surface area contributed by atoms with Gasteiger partial charge in [0.2, 0.25) is 6.79 Å². The number of hydrogen-bond acceptors (Lipinski definition) is 4.